The zero-order valence-corrected chi connectivity index (χ0v) is 29.2. The van der Waals surface area contributed by atoms with Gasteiger partial charge in [0, 0.05) is 35.8 Å². The topological polar surface area (TPSA) is 147 Å². The lowest BCUT2D eigenvalue weighted by Crippen LogP contribution is -2.44. The maximum absolute atomic E-state index is 12.9. The van der Waals surface area contributed by atoms with Crippen LogP contribution in [0.2, 0.25) is 5.02 Å². The molecule has 0 saturated heterocycles. The van der Waals surface area contributed by atoms with E-state index in [4.69, 9.17) is 16.3 Å². The summed E-state index contributed by atoms with van der Waals surface area (Å²) in [6, 6.07) is 20.1. The molecule has 3 aromatic carbocycles. The fourth-order valence-corrected chi connectivity index (χ4v) is 5.17. The molecule has 1 saturated carbocycles. The van der Waals surface area contributed by atoms with Gasteiger partial charge < -0.3 is 26.0 Å². The molecule has 15 heteroatoms. The van der Waals surface area contributed by atoms with E-state index in [-0.39, 0.29) is 37.3 Å². The number of benzene rings is 3. The number of anilines is 3. The maximum atomic E-state index is 12.9. The van der Waals surface area contributed by atoms with E-state index in [2.05, 4.69) is 42.8 Å². The third-order valence-electron chi connectivity index (χ3n) is 8.17. The SMILES string of the molecule is C=Cc1ccc(CC(=O)C(=O)NCC(C)(C)CNC(=O)c2ccc(Nc3nc(NC4(c5ccc(Cl)cc5)CC4)nc(OCC(F)(F)F)n3)cc2)cc1. The van der Waals surface area contributed by atoms with Gasteiger partial charge in [0.15, 0.2) is 6.61 Å². The highest BCUT2D eigenvalue weighted by atomic mass is 35.5. The molecule has 11 nitrogen and oxygen atoms in total. The molecule has 272 valence electrons. The van der Waals surface area contributed by atoms with E-state index in [1.807, 2.05) is 38.1 Å². The Labute approximate surface area is 303 Å². The second-order valence-corrected chi connectivity index (χ2v) is 13.6. The molecule has 0 atom stereocenters. The first kappa shape index (κ1) is 37.7. The molecule has 1 aliphatic carbocycles. The Morgan fingerprint density at radius 2 is 1.52 bits per heavy atom. The predicted molar refractivity (Wildman–Crippen MR) is 191 cm³/mol. The van der Waals surface area contributed by atoms with E-state index in [0.717, 1.165) is 24.0 Å². The van der Waals surface area contributed by atoms with Crippen molar-refractivity contribution in [3.05, 3.63) is 107 Å². The van der Waals surface area contributed by atoms with Crippen molar-refractivity contribution >= 4 is 52.9 Å². The Bertz CT molecular complexity index is 1920. The molecule has 1 aromatic heterocycles. The van der Waals surface area contributed by atoms with Crippen LogP contribution in [0.25, 0.3) is 6.08 Å². The van der Waals surface area contributed by atoms with Gasteiger partial charge in [-0.3, -0.25) is 14.4 Å². The van der Waals surface area contributed by atoms with E-state index in [1.165, 1.54) is 0 Å². The number of carbonyl (C=O) groups is 3. The van der Waals surface area contributed by atoms with Crippen molar-refractivity contribution in [1.29, 1.82) is 0 Å². The summed E-state index contributed by atoms with van der Waals surface area (Å²) in [6.45, 7) is 6.12. The molecule has 1 aliphatic rings. The summed E-state index contributed by atoms with van der Waals surface area (Å²) >= 11 is 6.03. The Morgan fingerprint density at radius 1 is 0.885 bits per heavy atom. The largest absolute Gasteiger partial charge is 0.454 e. The molecule has 0 unspecified atom stereocenters. The maximum Gasteiger partial charge on any atom is 0.422 e. The van der Waals surface area contributed by atoms with Crippen molar-refractivity contribution < 1.29 is 32.3 Å². The molecule has 0 aliphatic heterocycles. The standard InChI is InChI=1S/C37H37ClF3N7O4/c1-4-23-5-7-24(8-6-23)19-29(49)31(51)43-21-35(2,3)20-42-30(50)25-9-15-28(16-10-25)44-32-45-33(47-34(46-32)52-22-37(39,40)41)48-36(17-18-36)26-11-13-27(38)14-12-26/h4-16H,1,17-22H2,2-3H3,(H,42,50)(H,43,51)(H2,44,45,46,47,48). The average molecular weight is 736 g/mol. The number of Topliss-reactive ketones (excluding diaryl/α,β-unsaturated/α-hetero) is 1. The van der Waals surface area contributed by atoms with Crippen LogP contribution in [0.15, 0.2) is 79.4 Å². The van der Waals surface area contributed by atoms with Crippen molar-refractivity contribution in [2.24, 2.45) is 5.41 Å². The van der Waals surface area contributed by atoms with E-state index >= 15 is 0 Å². The summed E-state index contributed by atoms with van der Waals surface area (Å²) < 4.78 is 43.6. The lowest BCUT2D eigenvalue weighted by Gasteiger charge is -2.25. The summed E-state index contributed by atoms with van der Waals surface area (Å²) in [6.07, 6.45) is -1.47. The van der Waals surface area contributed by atoms with Crippen LogP contribution in [-0.2, 0) is 21.5 Å². The molecule has 0 spiro atoms. The Balaban J connectivity index is 1.16. The third kappa shape index (κ3) is 10.8. The second-order valence-electron chi connectivity index (χ2n) is 13.2. The highest BCUT2D eigenvalue weighted by Crippen LogP contribution is 2.48. The third-order valence-corrected chi connectivity index (χ3v) is 8.42. The zero-order valence-electron chi connectivity index (χ0n) is 28.4. The van der Waals surface area contributed by atoms with Crippen LogP contribution in [0.5, 0.6) is 6.01 Å². The monoisotopic (exact) mass is 735 g/mol. The van der Waals surface area contributed by atoms with Gasteiger partial charge in [-0.1, -0.05) is 74.5 Å². The summed E-state index contributed by atoms with van der Waals surface area (Å²) in [4.78, 5) is 50.2. The van der Waals surface area contributed by atoms with E-state index in [1.54, 1.807) is 54.6 Å². The molecular formula is C37H37ClF3N7O4. The molecule has 1 fully saturated rings. The number of nitrogens with zero attached hydrogens (tertiary/aromatic N) is 3. The smallest absolute Gasteiger partial charge is 0.422 e. The fraction of sp³-hybridized carbons (Fsp3) is 0.297. The number of nitrogens with one attached hydrogen (secondary N) is 4. The minimum atomic E-state index is -4.60. The lowest BCUT2D eigenvalue weighted by molar-refractivity contribution is -0.154. The molecule has 5 rings (SSSR count). The van der Waals surface area contributed by atoms with Gasteiger partial charge in [0.1, 0.15) is 0 Å². The minimum absolute atomic E-state index is 0.0137. The predicted octanol–water partition coefficient (Wildman–Crippen LogP) is 6.64. The molecule has 4 N–H and O–H groups in total. The number of halogens is 4. The normalized spacial score (nSPS) is 13.4. The van der Waals surface area contributed by atoms with E-state index in [0.29, 0.717) is 21.8 Å². The van der Waals surface area contributed by atoms with Crippen LogP contribution in [0.3, 0.4) is 0 Å². The lowest BCUT2D eigenvalue weighted by atomic mass is 9.93. The van der Waals surface area contributed by atoms with Gasteiger partial charge in [0.05, 0.1) is 5.54 Å². The molecule has 0 bridgehead atoms. The summed E-state index contributed by atoms with van der Waals surface area (Å²) in [5.74, 6) is -1.72. The second kappa shape index (κ2) is 15.8. The van der Waals surface area contributed by atoms with Crippen molar-refractivity contribution in [3.8, 4) is 6.01 Å². The van der Waals surface area contributed by atoms with Crippen molar-refractivity contribution in [2.75, 3.05) is 30.3 Å². The number of ketones is 1. The Hall–Kier alpha value is -5.50. The van der Waals surface area contributed by atoms with Gasteiger partial charge in [-0.15, -0.1) is 0 Å². The number of alkyl halides is 3. The average Bonchev–Trinajstić information content (AvgIpc) is 3.89. The van der Waals surface area contributed by atoms with Crippen LogP contribution in [0.4, 0.5) is 30.8 Å². The fourth-order valence-electron chi connectivity index (χ4n) is 5.05. The summed E-state index contributed by atoms with van der Waals surface area (Å²) in [7, 11) is 0. The quantitative estimate of drug-likeness (QED) is 0.0931. The van der Waals surface area contributed by atoms with Gasteiger partial charge in [-0.2, -0.15) is 28.1 Å². The number of amides is 2. The Kier molecular flexibility index (Phi) is 11.5. The van der Waals surface area contributed by atoms with Crippen molar-refractivity contribution in [2.45, 2.75) is 44.8 Å². The molecule has 2 amide bonds. The van der Waals surface area contributed by atoms with Crippen LogP contribution >= 0.6 is 11.6 Å². The summed E-state index contributed by atoms with van der Waals surface area (Å²) in [5.41, 5.74) is 2.21. The number of ether oxygens (including phenoxy) is 1. The van der Waals surface area contributed by atoms with Crippen molar-refractivity contribution in [1.82, 2.24) is 25.6 Å². The number of hydrogen-bond donors (Lipinski definition) is 4. The van der Waals surface area contributed by atoms with E-state index < -0.39 is 41.4 Å². The number of carbonyl (C=O) groups excluding carboxylic acids is 3. The van der Waals surface area contributed by atoms with Gasteiger partial charge in [-0.05, 0) is 71.3 Å². The van der Waals surface area contributed by atoms with Crippen molar-refractivity contribution in [3.63, 3.8) is 0 Å². The zero-order chi connectivity index (χ0) is 37.5. The van der Waals surface area contributed by atoms with Gasteiger partial charge in [0.25, 0.3) is 11.8 Å². The molecule has 52 heavy (non-hydrogen) atoms. The summed E-state index contributed by atoms with van der Waals surface area (Å²) in [5, 5.41) is 12.2. The first-order valence-electron chi connectivity index (χ1n) is 16.3. The number of aromatic nitrogens is 3. The van der Waals surface area contributed by atoms with Crippen LogP contribution in [-0.4, -0.2) is 58.4 Å². The van der Waals surface area contributed by atoms with Gasteiger partial charge in [0.2, 0.25) is 17.7 Å². The Morgan fingerprint density at radius 3 is 2.13 bits per heavy atom. The van der Waals surface area contributed by atoms with Gasteiger partial charge >= 0.3 is 12.2 Å². The highest BCUT2D eigenvalue weighted by Gasteiger charge is 2.45. The number of rotatable bonds is 16. The molecule has 0 radical (unpaired) electrons. The molecule has 1 heterocycles. The first-order chi connectivity index (χ1) is 24.6. The minimum Gasteiger partial charge on any atom is -0.454 e. The van der Waals surface area contributed by atoms with Crippen LogP contribution < -0.4 is 26.0 Å². The van der Waals surface area contributed by atoms with Gasteiger partial charge in [-0.25, -0.2) is 0 Å². The van der Waals surface area contributed by atoms with Crippen LogP contribution in [0.1, 0.15) is 53.7 Å². The molecule has 4 aromatic rings. The first-order valence-corrected chi connectivity index (χ1v) is 16.7. The number of hydrogen-bond acceptors (Lipinski definition) is 9. The van der Waals surface area contributed by atoms with Crippen LogP contribution in [0, 0.1) is 5.41 Å². The van der Waals surface area contributed by atoms with E-state index in [9.17, 15) is 27.6 Å². The molecular weight excluding hydrogens is 699 g/mol. The highest BCUT2D eigenvalue weighted by molar-refractivity contribution is 6.36.